The first-order valence-electron chi connectivity index (χ1n) is 8.31. The van der Waals surface area contributed by atoms with E-state index in [1.807, 2.05) is 30.3 Å². The van der Waals surface area contributed by atoms with E-state index in [2.05, 4.69) is 10.0 Å². The summed E-state index contributed by atoms with van der Waals surface area (Å²) in [7, 11) is -3.75. The molecule has 0 radical (unpaired) electrons. The highest BCUT2D eigenvalue weighted by molar-refractivity contribution is 7.89. The molecular formula is C19H25N3O3S. The van der Waals surface area contributed by atoms with E-state index < -0.39 is 15.6 Å². The zero-order valence-electron chi connectivity index (χ0n) is 15.2. The van der Waals surface area contributed by atoms with Crippen LogP contribution in [0.1, 0.15) is 35.3 Å². The Morgan fingerprint density at radius 2 is 1.77 bits per heavy atom. The van der Waals surface area contributed by atoms with Crippen LogP contribution in [0.2, 0.25) is 0 Å². The van der Waals surface area contributed by atoms with E-state index in [0.717, 1.165) is 5.56 Å². The zero-order chi connectivity index (χ0) is 19.4. The minimum absolute atomic E-state index is 0.0895. The van der Waals surface area contributed by atoms with Crippen molar-refractivity contribution in [1.82, 2.24) is 10.0 Å². The minimum Gasteiger partial charge on any atom is -0.346 e. The Morgan fingerprint density at radius 3 is 2.38 bits per heavy atom. The summed E-state index contributed by atoms with van der Waals surface area (Å²) < 4.78 is 27.9. The Hall–Kier alpha value is -2.22. The molecule has 0 saturated heterocycles. The van der Waals surface area contributed by atoms with E-state index >= 15 is 0 Å². The van der Waals surface area contributed by atoms with Gasteiger partial charge in [0.2, 0.25) is 10.0 Å². The van der Waals surface area contributed by atoms with Crippen molar-refractivity contribution in [1.29, 1.82) is 0 Å². The minimum atomic E-state index is -3.75. The number of carbonyl (C=O) groups is 1. The van der Waals surface area contributed by atoms with Crippen LogP contribution in [0.3, 0.4) is 0 Å². The van der Waals surface area contributed by atoms with Crippen molar-refractivity contribution in [2.24, 2.45) is 5.73 Å². The standard InChI is InChI=1S/C19H25N3O3S/c1-14-9-10-16(18(23)22-19(2,3)13-20)11-17(14)26(24,25)21-12-15-7-5-4-6-8-15/h4-11,21H,12-13,20H2,1-3H3,(H,22,23). The lowest BCUT2D eigenvalue weighted by Crippen LogP contribution is -2.48. The fourth-order valence-electron chi connectivity index (χ4n) is 2.31. The molecule has 0 aliphatic carbocycles. The number of hydrogen-bond donors (Lipinski definition) is 3. The SMILES string of the molecule is Cc1ccc(C(=O)NC(C)(C)CN)cc1S(=O)(=O)NCc1ccccc1. The van der Waals surface area contributed by atoms with Crippen LogP contribution in [-0.4, -0.2) is 26.4 Å². The molecule has 7 heteroatoms. The molecule has 0 unspecified atom stereocenters. The summed E-state index contributed by atoms with van der Waals surface area (Å²) in [6.07, 6.45) is 0. The lowest BCUT2D eigenvalue weighted by atomic mass is 10.0. The van der Waals surface area contributed by atoms with Crippen LogP contribution in [0, 0.1) is 6.92 Å². The van der Waals surface area contributed by atoms with E-state index in [4.69, 9.17) is 5.73 Å². The third-order valence-corrected chi connectivity index (χ3v) is 5.55. The van der Waals surface area contributed by atoms with Crippen LogP contribution in [0.25, 0.3) is 0 Å². The average molecular weight is 375 g/mol. The summed E-state index contributed by atoms with van der Waals surface area (Å²) in [6.45, 7) is 5.76. The summed E-state index contributed by atoms with van der Waals surface area (Å²) in [6, 6.07) is 13.9. The van der Waals surface area contributed by atoms with Crippen molar-refractivity contribution in [3.05, 3.63) is 65.2 Å². The number of rotatable bonds is 7. The van der Waals surface area contributed by atoms with Crippen molar-refractivity contribution < 1.29 is 13.2 Å². The molecule has 0 aliphatic heterocycles. The van der Waals surface area contributed by atoms with Gasteiger partial charge >= 0.3 is 0 Å². The zero-order valence-corrected chi connectivity index (χ0v) is 16.1. The molecule has 0 spiro atoms. The van der Waals surface area contributed by atoms with E-state index in [1.165, 1.54) is 6.07 Å². The average Bonchev–Trinajstić information content (AvgIpc) is 2.61. The van der Waals surface area contributed by atoms with Gasteiger partial charge in [0.25, 0.3) is 5.91 Å². The number of nitrogens with two attached hydrogens (primary N) is 1. The number of nitrogens with one attached hydrogen (secondary N) is 2. The fraction of sp³-hybridized carbons (Fsp3) is 0.316. The molecule has 2 rings (SSSR count). The van der Waals surface area contributed by atoms with Crippen LogP contribution in [0.15, 0.2) is 53.4 Å². The van der Waals surface area contributed by atoms with Gasteiger partial charge in [-0.05, 0) is 44.0 Å². The quantitative estimate of drug-likeness (QED) is 0.688. The number of carbonyl (C=O) groups excluding carboxylic acids is 1. The van der Waals surface area contributed by atoms with Crippen molar-refractivity contribution in [3.63, 3.8) is 0 Å². The van der Waals surface area contributed by atoms with Gasteiger partial charge in [0.1, 0.15) is 0 Å². The molecule has 6 nitrogen and oxygen atoms in total. The number of aryl methyl sites for hydroxylation is 1. The predicted octanol–water partition coefficient (Wildman–Crippen LogP) is 1.94. The van der Waals surface area contributed by atoms with Gasteiger partial charge < -0.3 is 11.1 Å². The van der Waals surface area contributed by atoms with Crippen molar-refractivity contribution in [3.8, 4) is 0 Å². The first-order valence-corrected chi connectivity index (χ1v) is 9.80. The van der Waals surface area contributed by atoms with Crippen LogP contribution < -0.4 is 15.8 Å². The molecule has 0 saturated carbocycles. The number of sulfonamides is 1. The second kappa shape index (κ2) is 7.99. The molecule has 4 N–H and O–H groups in total. The van der Waals surface area contributed by atoms with Crippen LogP contribution >= 0.6 is 0 Å². The van der Waals surface area contributed by atoms with Crippen molar-refractivity contribution in [2.75, 3.05) is 6.54 Å². The maximum absolute atomic E-state index is 12.7. The van der Waals surface area contributed by atoms with Gasteiger partial charge in [-0.25, -0.2) is 13.1 Å². The van der Waals surface area contributed by atoms with Gasteiger partial charge in [-0.15, -0.1) is 0 Å². The summed E-state index contributed by atoms with van der Waals surface area (Å²) in [5, 5.41) is 2.80. The second-order valence-electron chi connectivity index (χ2n) is 6.83. The smallest absolute Gasteiger partial charge is 0.251 e. The number of hydrogen-bond acceptors (Lipinski definition) is 4. The Morgan fingerprint density at radius 1 is 1.12 bits per heavy atom. The molecule has 140 valence electrons. The molecule has 0 aromatic heterocycles. The normalized spacial score (nSPS) is 12.0. The maximum Gasteiger partial charge on any atom is 0.251 e. The van der Waals surface area contributed by atoms with Crippen LogP contribution in [0.4, 0.5) is 0 Å². The van der Waals surface area contributed by atoms with E-state index in [-0.39, 0.29) is 29.5 Å². The number of amides is 1. The Balaban J connectivity index is 2.24. The molecule has 0 heterocycles. The van der Waals surface area contributed by atoms with Gasteiger partial charge in [0.15, 0.2) is 0 Å². The molecule has 0 bridgehead atoms. The summed E-state index contributed by atoms with van der Waals surface area (Å²) in [4.78, 5) is 12.5. The fourth-order valence-corrected chi connectivity index (χ4v) is 3.60. The van der Waals surface area contributed by atoms with E-state index in [0.29, 0.717) is 5.56 Å². The van der Waals surface area contributed by atoms with Gasteiger partial charge in [0.05, 0.1) is 4.90 Å². The van der Waals surface area contributed by atoms with E-state index in [9.17, 15) is 13.2 Å². The van der Waals surface area contributed by atoms with Gasteiger partial charge in [0, 0.05) is 24.2 Å². The Labute approximate surface area is 154 Å². The monoisotopic (exact) mass is 375 g/mol. The van der Waals surface area contributed by atoms with E-state index in [1.54, 1.807) is 32.9 Å². The molecule has 0 aliphatic rings. The number of benzene rings is 2. The lowest BCUT2D eigenvalue weighted by Gasteiger charge is -2.24. The lowest BCUT2D eigenvalue weighted by molar-refractivity contribution is 0.0915. The van der Waals surface area contributed by atoms with Gasteiger partial charge in [-0.2, -0.15) is 0 Å². The molecule has 2 aromatic rings. The third-order valence-electron chi connectivity index (χ3n) is 4.01. The molecule has 0 fully saturated rings. The van der Waals surface area contributed by atoms with Crippen molar-refractivity contribution in [2.45, 2.75) is 37.8 Å². The molecule has 1 amide bonds. The third kappa shape index (κ3) is 5.14. The summed E-state index contributed by atoms with van der Waals surface area (Å²) >= 11 is 0. The topological polar surface area (TPSA) is 101 Å². The maximum atomic E-state index is 12.7. The largest absolute Gasteiger partial charge is 0.346 e. The highest BCUT2D eigenvalue weighted by Gasteiger charge is 2.22. The van der Waals surface area contributed by atoms with Gasteiger partial charge in [-0.3, -0.25) is 4.79 Å². The first kappa shape index (κ1) is 20.1. The molecule has 26 heavy (non-hydrogen) atoms. The van der Waals surface area contributed by atoms with Gasteiger partial charge in [-0.1, -0.05) is 36.4 Å². The van der Waals surface area contributed by atoms with Crippen LogP contribution in [-0.2, 0) is 16.6 Å². The Kier molecular flexibility index (Phi) is 6.17. The van der Waals surface area contributed by atoms with Crippen LogP contribution in [0.5, 0.6) is 0 Å². The van der Waals surface area contributed by atoms with Crippen molar-refractivity contribution >= 4 is 15.9 Å². The molecule has 2 aromatic carbocycles. The molecular weight excluding hydrogens is 350 g/mol. The predicted molar refractivity (Wildman–Crippen MR) is 102 cm³/mol. The summed E-state index contributed by atoms with van der Waals surface area (Å²) in [5.41, 5.74) is 6.75. The highest BCUT2D eigenvalue weighted by atomic mass is 32.2. The first-order chi connectivity index (χ1) is 12.1. The molecule has 0 atom stereocenters. The highest BCUT2D eigenvalue weighted by Crippen LogP contribution is 2.18. The second-order valence-corrected chi connectivity index (χ2v) is 8.57. The summed E-state index contributed by atoms with van der Waals surface area (Å²) in [5.74, 6) is -0.361. The Bertz CT molecular complexity index is 878.